The number of thioether (sulfide) groups is 1. The molecule has 0 spiro atoms. The van der Waals surface area contributed by atoms with Crippen LogP contribution in [0.15, 0.2) is 53.7 Å². The van der Waals surface area contributed by atoms with E-state index in [4.69, 9.17) is 16.3 Å². The molecule has 0 radical (unpaired) electrons. The van der Waals surface area contributed by atoms with Gasteiger partial charge in [-0.3, -0.25) is 9.59 Å². The molecule has 2 N–H and O–H groups in total. The molecule has 0 bridgehead atoms. The van der Waals surface area contributed by atoms with Crippen LogP contribution < -0.4 is 10.6 Å². The summed E-state index contributed by atoms with van der Waals surface area (Å²) in [5.41, 5.74) is 0.999. The average Bonchev–Trinajstić information content (AvgIpc) is 3.18. The number of ether oxygens (including phenoxy) is 1. The fraction of sp³-hybridized carbons (Fsp3) is 0.227. The van der Waals surface area contributed by atoms with E-state index < -0.39 is 12.0 Å². The molecule has 3 aromatic rings. The number of nitrogens with zero attached hydrogens (tertiary/aromatic N) is 3. The standard InChI is InChI=1S/C22H22ClN5O4S/c1-13(24-20(30)14-8-4-6-10-16(14)23)19-26-27-22(28(19)2)33-12-18(29)25-17-11-7-5-9-15(17)21(31)32-3/h4-11,13H,12H2,1-3H3,(H,24,30)(H,25,29). The number of carbonyl (C=O) groups is 3. The van der Waals surface area contributed by atoms with Crippen LogP contribution in [0.5, 0.6) is 0 Å². The van der Waals surface area contributed by atoms with Gasteiger partial charge in [0.05, 0.1) is 40.7 Å². The Morgan fingerprint density at radius 1 is 1.09 bits per heavy atom. The minimum atomic E-state index is -0.538. The van der Waals surface area contributed by atoms with E-state index in [1.165, 1.54) is 18.9 Å². The van der Waals surface area contributed by atoms with Crippen LogP contribution in [0.3, 0.4) is 0 Å². The Hall–Kier alpha value is -3.37. The zero-order valence-corrected chi connectivity index (χ0v) is 19.7. The number of aromatic nitrogens is 3. The Labute approximate surface area is 199 Å². The summed E-state index contributed by atoms with van der Waals surface area (Å²) in [4.78, 5) is 36.8. The largest absolute Gasteiger partial charge is 0.465 e. The number of carbonyl (C=O) groups excluding carboxylic acids is 3. The number of para-hydroxylation sites is 1. The molecule has 9 nitrogen and oxygen atoms in total. The number of nitrogens with one attached hydrogen (secondary N) is 2. The van der Waals surface area contributed by atoms with Gasteiger partial charge in [0.25, 0.3) is 5.91 Å². The van der Waals surface area contributed by atoms with Gasteiger partial charge in [0.2, 0.25) is 5.91 Å². The molecule has 11 heteroatoms. The molecule has 172 valence electrons. The minimum Gasteiger partial charge on any atom is -0.465 e. The van der Waals surface area contributed by atoms with Gasteiger partial charge in [-0.15, -0.1) is 10.2 Å². The van der Waals surface area contributed by atoms with Crippen LogP contribution in [0.4, 0.5) is 5.69 Å². The highest BCUT2D eigenvalue weighted by molar-refractivity contribution is 7.99. The zero-order chi connectivity index (χ0) is 24.0. The molecule has 1 atom stereocenters. The van der Waals surface area contributed by atoms with Gasteiger partial charge in [-0.2, -0.15) is 0 Å². The monoisotopic (exact) mass is 487 g/mol. The van der Waals surface area contributed by atoms with Crippen molar-refractivity contribution >= 4 is 46.8 Å². The number of esters is 1. The van der Waals surface area contributed by atoms with Gasteiger partial charge in [-0.05, 0) is 31.2 Å². The number of halogens is 1. The Balaban J connectivity index is 1.61. The second-order valence-corrected chi connectivity index (χ2v) is 8.30. The smallest absolute Gasteiger partial charge is 0.339 e. The lowest BCUT2D eigenvalue weighted by Gasteiger charge is -2.14. The summed E-state index contributed by atoms with van der Waals surface area (Å²) in [6.07, 6.45) is 0. The number of hydrogen-bond donors (Lipinski definition) is 2. The topological polar surface area (TPSA) is 115 Å². The van der Waals surface area contributed by atoms with Crippen LogP contribution >= 0.6 is 23.4 Å². The number of hydrogen-bond acceptors (Lipinski definition) is 7. The molecule has 33 heavy (non-hydrogen) atoms. The van der Waals surface area contributed by atoms with Crippen molar-refractivity contribution in [2.45, 2.75) is 18.1 Å². The molecule has 0 aliphatic heterocycles. The Morgan fingerprint density at radius 2 is 1.76 bits per heavy atom. The number of anilines is 1. The molecule has 1 heterocycles. The molecule has 0 saturated carbocycles. The number of amides is 2. The van der Waals surface area contributed by atoms with Crippen molar-refractivity contribution in [1.29, 1.82) is 0 Å². The van der Waals surface area contributed by atoms with E-state index in [0.29, 0.717) is 27.3 Å². The van der Waals surface area contributed by atoms with E-state index in [9.17, 15) is 14.4 Å². The van der Waals surface area contributed by atoms with Crippen molar-refractivity contribution < 1.29 is 19.1 Å². The van der Waals surface area contributed by atoms with Gasteiger partial charge in [0.1, 0.15) is 0 Å². The molecule has 0 aliphatic carbocycles. The summed E-state index contributed by atoms with van der Waals surface area (Å²) in [5, 5.41) is 14.7. The second-order valence-electron chi connectivity index (χ2n) is 6.95. The predicted molar refractivity (Wildman–Crippen MR) is 125 cm³/mol. The first-order valence-electron chi connectivity index (χ1n) is 9.86. The zero-order valence-electron chi connectivity index (χ0n) is 18.2. The van der Waals surface area contributed by atoms with Gasteiger partial charge in [0, 0.05) is 7.05 Å². The summed E-state index contributed by atoms with van der Waals surface area (Å²) < 4.78 is 6.44. The lowest BCUT2D eigenvalue weighted by molar-refractivity contribution is -0.113. The average molecular weight is 488 g/mol. The van der Waals surface area contributed by atoms with Crippen molar-refractivity contribution in [2.24, 2.45) is 7.05 Å². The highest BCUT2D eigenvalue weighted by Crippen LogP contribution is 2.22. The molecule has 0 fully saturated rings. The summed E-state index contributed by atoms with van der Waals surface area (Å²) in [7, 11) is 3.03. The molecule has 1 aromatic heterocycles. The normalized spacial score (nSPS) is 11.5. The van der Waals surface area contributed by atoms with E-state index in [1.54, 1.807) is 67.1 Å². The Morgan fingerprint density at radius 3 is 2.45 bits per heavy atom. The van der Waals surface area contributed by atoms with E-state index in [0.717, 1.165) is 0 Å². The fourth-order valence-electron chi connectivity index (χ4n) is 3.01. The van der Waals surface area contributed by atoms with E-state index >= 15 is 0 Å². The third kappa shape index (κ3) is 5.91. The second kappa shape index (κ2) is 11.0. The van der Waals surface area contributed by atoms with Crippen LogP contribution in [0.2, 0.25) is 5.02 Å². The lowest BCUT2D eigenvalue weighted by Crippen LogP contribution is -2.28. The Bertz CT molecular complexity index is 1180. The third-order valence-electron chi connectivity index (χ3n) is 4.66. The summed E-state index contributed by atoms with van der Waals surface area (Å²) >= 11 is 7.26. The van der Waals surface area contributed by atoms with Gasteiger partial charge in [-0.25, -0.2) is 4.79 Å². The quantitative estimate of drug-likeness (QED) is 0.369. The highest BCUT2D eigenvalue weighted by atomic mass is 35.5. The first kappa shape index (κ1) is 24.3. The maximum absolute atomic E-state index is 12.5. The van der Waals surface area contributed by atoms with E-state index in [1.807, 2.05) is 0 Å². The summed E-state index contributed by atoms with van der Waals surface area (Å²) in [6.45, 7) is 1.78. The molecule has 3 rings (SSSR count). The Kier molecular flexibility index (Phi) is 8.07. The molecule has 2 amide bonds. The van der Waals surface area contributed by atoms with E-state index in [-0.39, 0.29) is 23.1 Å². The first-order valence-corrected chi connectivity index (χ1v) is 11.2. The van der Waals surface area contributed by atoms with Crippen molar-refractivity contribution in [3.63, 3.8) is 0 Å². The summed E-state index contributed by atoms with van der Waals surface area (Å²) in [5.74, 6) is -0.615. The number of methoxy groups -OCH3 is 1. The molecular weight excluding hydrogens is 466 g/mol. The SMILES string of the molecule is COC(=O)c1ccccc1NC(=O)CSc1nnc(C(C)NC(=O)c2ccccc2Cl)n1C. The number of rotatable bonds is 8. The van der Waals surface area contributed by atoms with Crippen molar-refractivity contribution in [1.82, 2.24) is 20.1 Å². The molecule has 0 saturated heterocycles. The van der Waals surface area contributed by atoms with Crippen molar-refractivity contribution in [3.8, 4) is 0 Å². The van der Waals surface area contributed by atoms with Gasteiger partial charge >= 0.3 is 5.97 Å². The maximum Gasteiger partial charge on any atom is 0.339 e. The summed E-state index contributed by atoms with van der Waals surface area (Å²) in [6, 6.07) is 12.9. The highest BCUT2D eigenvalue weighted by Gasteiger charge is 2.20. The van der Waals surface area contributed by atoms with E-state index in [2.05, 4.69) is 20.8 Å². The molecule has 1 unspecified atom stereocenters. The van der Waals surface area contributed by atoms with Crippen LogP contribution in [0, 0.1) is 0 Å². The molecule has 0 aliphatic rings. The fourth-order valence-corrected chi connectivity index (χ4v) is 3.95. The van der Waals surface area contributed by atoms with Crippen LogP contribution in [-0.4, -0.2) is 45.4 Å². The van der Waals surface area contributed by atoms with Gasteiger partial charge < -0.3 is 19.9 Å². The van der Waals surface area contributed by atoms with Crippen LogP contribution in [0.1, 0.15) is 39.5 Å². The number of benzene rings is 2. The maximum atomic E-state index is 12.5. The lowest BCUT2D eigenvalue weighted by atomic mass is 10.2. The predicted octanol–water partition coefficient (Wildman–Crippen LogP) is 3.48. The molecular formula is C22H22ClN5O4S. The molecule has 2 aromatic carbocycles. The van der Waals surface area contributed by atoms with Gasteiger partial charge in [0.15, 0.2) is 11.0 Å². The third-order valence-corrected chi connectivity index (χ3v) is 6.01. The van der Waals surface area contributed by atoms with Crippen LogP contribution in [0.25, 0.3) is 0 Å². The van der Waals surface area contributed by atoms with Crippen molar-refractivity contribution in [2.75, 3.05) is 18.2 Å². The minimum absolute atomic E-state index is 0.0435. The first-order chi connectivity index (χ1) is 15.8. The van der Waals surface area contributed by atoms with Gasteiger partial charge in [-0.1, -0.05) is 47.6 Å². The van der Waals surface area contributed by atoms with Crippen molar-refractivity contribution in [3.05, 3.63) is 70.5 Å². The van der Waals surface area contributed by atoms with Crippen LogP contribution in [-0.2, 0) is 16.6 Å².